The van der Waals surface area contributed by atoms with Gasteiger partial charge < -0.3 is 34.5 Å². The number of nitrogens with two attached hydrogens (primary N) is 1. The molecule has 1 aliphatic heterocycles. The minimum atomic E-state index is -0.317. The molecule has 0 bridgehead atoms. The molecule has 2 aromatic rings. The summed E-state index contributed by atoms with van der Waals surface area (Å²) in [5, 5.41) is 0. The Bertz CT molecular complexity index is 650. The zero-order chi connectivity index (χ0) is 15.0. The third kappa shape index (κ3) is 3.03. The van der Waals surface area contributed by atoms with E-state index in [1.165, 1.54) is 0 Å². The summed E-state index contributed by atoms with van der Waals surface area (Å²) in [6.45, 7) is 2.39. The molecule has 1 saturated heterocycles. The van der Waals surface area contributed by atoms with Crippen molar-refractivity contribution in [1.29, 1.82) is 0 Å². The van der Waals surface area contributed by atoms with Gasteiger partial charge in [0.15, 0.2) is 6.23 Å². The zero-order valence-corrected chi connectivity index (χ0v) is 15.7. The Morgan fingerprint density at radius 2 is 2.18 bits per heavy atom. The van der Waals surface area contributed by atoms with Gasteiger partial charge in [-0.15, -0.1) is 0 Å². The molecule has 0 aromatic carbocycles. The summed E-state index contributed by atoms with van der Waals surface area (Å²) in [6, 6.07) is 0. The Morgan fingerprint density at radius 3 is 2.86 bits per heavy atom. The summed E-state index contributed by atoms with van der Waals surface area (Å²) in [6.07, 6.45) is 2.85. The van der Waals surface area contributed by atoms with Crippen LogP contribution < -0.4 is 5.73 Å². The second-order valence-corrected chi connectivity index (χ2v) is 5.02. The van der Waals surface area contributed by atoms with E-state index >= 15 is 0 Å². The second kappa shape index (κ2) is 7.27. The fourth-order valence-corrected chi connectivity index (χ4v) is 2.74. The first-order valence-corrected chi connectivity index (χ1v) is 6.71. The monoisotopic (exact) mass is 381 g/mol. The number of fused-ring (bicyclic) bond motifs is 1. The Balaban J connectivity index is 0.00000176. The van der Waals surface area contributed by atoms with Gasteiger partial charge in [-0.1, -0.05) is 0 Å². The number of imidazole rings is 1. The number of aromatic nitrogens is 4. The van der Waals surface area contributed by atoms with Gasteiger partial charge >= 0.3 is 0 Å². The first-order valence-electron chi connectivity index (χ1n) is 6.71. The van der Waals surface area contributed by atoms with Crippen LogP contribution >= 0.6 is 0 Å². The van der Waals surface area contributed by atoms with Crippen molar-refractivity contribution in [3.05, 3.63) is 12.2 Å². The Morgan fingerprint density at radius 1 is 1.41 bits per heavy atom. The van der Waals surface area contributed by atoms with Gasteiger partial charge in [-0.05, 0) is 6.92 Å². The maximum atomic E-state index is 6.04. The van der Waals surface area contributed by atoms with Gasteiger partial charge in [-0.25, -0.2) is 0 Å². The third-order valence-corrected chi connectivity index (χ3v) is 3.69. The molecule has 0 spiro atoms. The van der Waals surface area contributed by atoms with E-state index in [2.05, 4.69) is 21.3 Å². The van der Waals surface area contributed by atoms with Crippen molar-refractivity contribution in [2.24, 2.45) is 0 Å². The van der Waals surface area contributed by atoms with Gasteiger partial charge in [0.2, 0.25) is 0 Å². The molecular weight excluding hydrogens is 363 g/mol. The largest absolute Gasteiger partial charge is 0.433 e. The molecule has 3 rings (SSSR count). The molecule has 2 N–H and O–H groups in total. The summed E-state index contributed by atoms with van der Waals surface area (Å²) in [5.41, 5.74) is 6.99. The van der Waals surface area contributed by atoms with Crippen LogP contribution in [0.15, 0.2) is 0 Å². The van der Waals surface area contributed by atoms with Crippen molar-refractivity contribution in [3.63, 3.8) is 0 Å². The smallest absolute Gasteiger partial charge is 0.153 e. The summed E-state index contributed by atoms with van der Waals surface area (Å²) >= 11 is 0. The zero-order valence-electron chi connectivity index (χ0n) is 12.8. The number of rotatable bonds is 4. The summed E-state index contributed by atoms with van der Waals surface area (Å²) in [5.74, 6) is 1.05. The van der Waals surface area contributed by atoms with E-state index in [-0.39, 0.29) is 51.1 Å². The van der Waals surface area contributed by atoms with Gasteiger partial charge in [0.1, 0.15) is 6.10 Å². The SMILES string of the molecule is COC[C@@H]1C[C@H](OC)[C@H](n2c(C)nc3c(N)n[c-]nc32)O1.[Y]. The van der Waals surface area contributed by atoms with Gasteiger partial charge in [0.05, 0.1) is 24.2 Å². The van der Waals surface area contributed by atoms with Gasteiger partial charge in [0, 0.05) is 71.0 Å². The number of ether oxygens (including phenoxy) is 3. The summed E-state index contributed by atoms with van der Waals surface area (Å²) < 4.78 is 18.6. The number of nitrogen functional groups attached to an aromatic ring is 1. The standard InChI is InChI=1S/C13H18N5O3.Y/c1-7-17-10-11(14)15-6-16-12(10)18(7)13-9(20-3)4-8(21-13)5-19-2;/h8-9,13H,4-5H2,1-3H3,(H2,14,15,16);/q-1;/t8-,9-,13+;/m0./s1. The first-order chi connectivity index (χ1) is 10.2. The molecule has 0 unspecified atom stereocenters. The van der Waals surface area contributed by atoms with Crippen LogP contribution in [0.5, 0.6) is 0 Å². The number of hydrogen-bond donors (Lipinski definition) is 1. The fourth-order valence-electron chi connectivity index (χ4n) is 2.74. The van der Waals surface area contributed by atoms with E-state index in [4.69, 9.17) is 19.9 Å². The van der Waals surface area contributed by atoms with Crippen molar-refractivity contribution in [1.82, 2.24) is 19.5 Å². The Hall–Kier alpha value is -0.666. The molecule has 1 radical (unpaired) electrons. The van der Waals surface area contributed by atoms with E-state index in [0.717, 1.165) is 12.2 Å². The maximum Gasteiger partial charge on any atom is 0.153 e. The first kappa shape index (κ1) is 17.7. The predicted octanol–water partition coefficient (Wildman–Crippen LogP) is 0.464. The normalized spacial score (nSPS) is 24.6. The molecule has 0 saturated carbocycles. The van der Waals surface area contributed by atoms with Crippen LogP contribution in [0.1, 0.15) is 18.5 Å². The minimum Gasteiger partial charge on any atom is -0.433 e. The van der Waals surface area contributed by atoms with Crippen LogP contribution in [-0.2, 0) is 46.9 Å². The molecule has 8 nitrogen and oxygen atoms in total. The molecule has 3 atom stereocenters. The van der Waals surface area contributed by atoms with Crippen molar-refractivity contribution < 1.29 is 46.9 Å². The van der Waals surface area contributed by atoms with Crippen LogP contribution in [0.4, 0.5) is 5.82 Å². The molecule has 9 heteroatoms. The van der Waals surface area contributed by atoms with Crippen molar-refractivity contribution in [2.45, 2.75) is 31.8 Å². The second-order valence-electron chi connectivity index (χ2n) is 5.02. The van der Waals surface area contributed by atoms with Crippen LogP contribution in [0, 0.1) is 13.3 Å². The van der Waals surface area contributed by atoms with Crippen molar-refractivity contribution in [2.75, 3.05) is 26.6 Å². The molecule has 22 heavy (non-hydrogen) atoms. The van der Waals surface area contributed by atoms with E-state index in [9.17, 15) is 0 Å². The van der Waals surface area contributed by atoms with Crippen molar-refractivity contribution in [3.8, 4) is 0 Å². The number of aryl methyl sites for hydroxylation is 1. The summed E-state index contributed by atoms with van der Waals surface area (Å²) in [4.78, 5) is 12.4. The number of hydrogen-bond acceptors (Lipinski definition) is 7. The Labute approximate surface area is 153 Å². The number of nitrogens with zero attached hydrogens (tertiary/aromatic N) is 4. The van der Waals surface area contributed by atoms with Crippen molar-refractivity contribution >= 4 is 17.0 Å². The fraction of sp³-hybridized carbons (Fsp3) is 0.615. The van der Waals surface area contributed by atoms with Crippen LogP contribution in [0.2, 0.25) is 0 Å². The topological polar surface area (TPSA) is 97.3 Å². The molecule has 0 amide bonds. The van der Waals surface area contributed by atoms with E-state index < -0.39 is 0 Å². The predicted molar refractivity (Wildman–Crippen MR) is 74.5 cm³/mol. The molecule has 1 fully saturated rings. The molecule has 3 heterocycles. The Kier molecular flexibility index (Phi) is 5.84. The quantitative estimate of drug-likeness (QED) is 0.769. The number of anilines is 1. The molecule has 2 aromatic heterocycles. The molecular formula is C13H18N5O3Y-. The average Bonchev–Trinajstić information content (AvgIpc) is 3.00. The van der Waals surface area contributed by atoms with Crippen LogP contribution in [0.25, 0.3) is 11.2 Å². The van der Waals surface area contributed by atoms with Crippen LogP contribution in [-0.4, -0.2) is 52.6 Å². The molecule has 0 aliphatic carbocycles. The minimum absolute atomic E-state index is 0. The van der Waals surface area contributed by atoms with Gasteiger partial charge in [0.25, 0.3) is 0 Å². The maximum absolute atomic E-state index is 6.04. The van der Waals surface area contributed by atoms with E-state index in [0.29, 0.717) is 23.6 Å². The summed E-state index contributed by atoms with van der Waals surface area (Å²) in [7, 11) is 3.32. The molecule has 117 valence electrons. The van der Waals surface area contributed by atoms with Crippen LogP contribution in [0.3, 0.4) is 0 Å². The van der Waals surface area contributed by atoms with E-state index in [1.54, 1.807) is 14.2 Å². The van der Waals surface area contributed by atoms with Gasteiger partial charge in [-0.2, -0.15) is 0 Å². The molecule has 1 aliphatic rings. The van der Waals surface area contributed by atoms with E-state index in [1.807, 2.05) is 11.5 Å². The van der Waals surface area contributed by atoms with Gasteiger partial charge in [-0.3, -0.25) is 4.98 Å². The number of methoxy groups -OCH3 is 2. The third-order valence-electron chi connectivity index (χ3n) is 3.69. The average molecular weight is 381 g/mol.